The number of rotatable bonds is 4. The van der Waals surface area contributed by atoms with Crippen molar-refractivity contribution in [1.29, 1.82) is 0 Å². The van der Waals surface area contributed by atoms with Gasteiger partial charge in [-0.25, -0.2) is 4.39 Å². The lowest BCUT2D eigenvalue weighted by Crippen LogP contribution is -2.33. The Labute approximate surface area is 160 Å². The van der Waals surface area contributed by atoms with Crippen LogP contribution in [0, 0.1) is 5.82 Å². The van der Waals surface area contributed by atoms with Crippen molar-refractivity contribution < 1.29 is 9.18 Å². The molecule has 0 N–H and O–H groups in total. The molecule has 6 heteroatoms. The fourth-order valence-electron chi connectivity index (χ4n) is 2.98. The Morgan fingerprint density at radius 2 is 2.08 bits per heavy atom. The summed E-state index contributed by atoms with van der Waals surface area (Å²) in [6.07, 6.45) is 6.37. The van der Waals surface area contributed by atoms with Gasteiger partial charge in [0.2, 0.25) is 0 Å². The van der Waals surface area contributed by atoms with Gasteiger partial charge in [0.25, 0.3) is 5.91 Å². The van der Waals surface area contributed by atoms with Gasteiger partial charge < -0.3 is 9.47 Å². The Morgan fingerprint density at radius 3 is 2.73 bits per heavy atom. The Kier molecular flexibility index (Phi) is 5.14. The van der Waals surface area contributed by atoms with Gasteiger partial charge in [-0.1, -0.05) is 6.92 Å². The van der Waals surface area contributed by atoms with Gasteiger partial charge in [-0.2, -0.15) is 0 Å². The van der Waals surface area contributed by atoms with Crippen LogP contribution in [0.1, 0.15) is 36.7 Å². The van der Waals surface area contributed by atoms with Crippen molar-refractivity contribution in [3.8, 4) is 5.69 Å². The first-order valence-electron chi connectivity index (χ1n) is 8.55. The largest absolute Gasteiger partial charge is 0.339 e. The van der Waals surface area contributed by atoms with Gasteiger partial charge in [-0.3, -0.25) is 9.78 Å². The molecule has 1 aromatic carbocycles. The summed E-state index contributed by atoms with van der Waals surface area (Å²) in [5, 5.41) is 1.06. The van der Waals surface area contributed by atoms with E-state index in [-0.39, 0.29) is 11.9 Å². The van der Waals surface area contributed by atoms with Crippen LogP contribution in [0.2, 0.25) is 0 Å². The molecule has 0 saturated carbocycles. The van der Waals surface area contributed by atoms with E-state index in [4.69, 9.17) is 0 Å². The molecule has 0 aliphatic heterocycles. The highest BCUT2D eigenvalue weighted by Crippen LogP contribution is 2.32. The minimum Gasteiger partial charge on any atom is -0.339 e. The molecule has 0 radical (unpaired) electrons. The molecule has 2 aromatic heterocycles. The van der Waals surface area contributed by atoms with Crippen molar-refractivity contribution in [2.45, 2.75) is 33.2 Å². The predicted octanol–water partition coefficient (Wildman–Crippen LogP) is 4.97. The smallest absolute Gasteiger partial charge is 0.256 e. The number of fused-ring (bicyclic) bond motifs is 1. The molecule has 0 spiro atoms. The molecule has 136 valence electrons. The Morgan fingerprint density at radius 1 is 1.35 bits per heavy atom. The fourth-order valence-corrected chi connectivity index (χ4v) is 3.64. The van der Waals surface area contributed by atoms with E-state index in [1.807, 2.05) is 30.8 Å². The first kappa shape index (κ1) is 18.6. The second-order valence-corrected chi connectivity index (χ2v) is 7.42. The van der Waals surface area contributed by atoms with Gasteiger partial charge in [0, 0.05) is 35.3 Å². The van der Waals surface area contributed by atoms with E-state index in [0.717, 1.165) is 27.4 Å². The van der Waals surface area contributed by atoms with Crippen molar-refractivity contribution >= 4 is 32.7 Å². The number of pyridine rings is 1. The van der Waals surface area contributed by atoms with Crippen molar-refractivity contribution in [2.24, 2.45) is 0 Å². The number of carbonyl (C=O) groups is 1. The molecule has 0 fully saturated rings. The van der Waals surface area contributed by atoms with Crippen LogP contribution >= 0.6 is 15.9 Å². The molecule has 0 aliphatic rings. The normalized spacial score (nSPS) is 11.3. The van der Waals surface area contributed by atoms with E-state index in [2.05, 4.69) is 27.8 Å². The van der Waals surface area contributed by atoms with Gasteiger partial charge in [0.05, 0.1) is 23.0 Å². The molecule has 0 aliphatic carbocycles. The maximum Gasteiger partial charge on any atom is 0.256 e. The summed E-state index contributed by atoms with van der Waals surface area (Å²) in [7, 11) is 1.72. The van der Waals surface area contributed by atoms with Crippen LogP contribution in [0.4, 0.5) is 4.39 Å². The molecule has 3 rings (SSSR count). The Balaban J connectivity index is 2.26. The van der Waals surface area contributed by atoms with Gasteiger partial charge >= 0.3 is 0 Å². The summed E-state index contributed by atoms with van der Waals surface area (Å²) in [5.41, 5.74) is 2.95. The number of carbonyl (C=O) groups excluding carboxylic acids is 1. The molecule has 1 amide bonds. The standard InChI is InChI=1S/C20H21BrFN3O/c1-5-13-9-23-10-18-19(13)16(21)11-25(18)17-7-6-14(22)8-15(17)20(26)24(4)12(2)3/h6-12H,5H2,1-4H3. The van der Waals surface area contributed by atoms with Crippen LogP contribution in [0.3, 0.4) is 0 Å². The van der Waals surface area contributed by atoms with Gasteiger partial charge in [-0.15, -0.1) is 0 Å². The number of hydrogen-bond donors (Lipinski definition) is 0. The minimum absolute atomic E-state index is 0.0140. The summed E-state index contributed by atoms with van der Waals surface area (Å²) in [4.78, 5) is 18.9. The zero-order valence-electron chi connectivity index (χ0n) is 15.3. The highest BCUT2D eigenvalue weighted by molar-refractivity contribution is 9.10. The highest BCUT2D eigenvalue weighted by atomic mass is 79.9. The third-order valence-electron chi connectivity index (χ3n) is 4.67. The summed E-state index contributed by atoms with van der Waals surface area (Å²) >= 11 is 3.62. The van der Waals surface area contributed by atoms with Crippen LogP contribution in [0.5, 0.6) is 0 Å². The first-order chi connectivity index (χ1) is 12.3. The molecule has 0 saturated heterocycles. The molecule has 0 bridgehead atoms. The number of nitrogens with zero attached hydrogens (tertiary/aromatic N) is 3. The molecular weight excluding hydrogens is 397 g/mol. The fraction of sp³-hybridized carbons (Fsp3) is 0.300. The number of aryl methyl sites for hydroxylation is 1. The predicted molar refractivity (Wildman–Crippen MR) is 105 cm³/mol. The summed E-state index contributed by atoms with van der Waals surface area (Å²) < 4.78 is 16.7. The van der Waals surface area contributed by atoms with Gasteiger partial charge in [-0.05, 0) is 60.0 Å². The van der Waals surface area contributed by atoms with Crippen molar-refractivity contribution in [3.05, 3.63) is 58.2 Å². The average molecular weight is 418 g/mol. The van der Waals surface area contributed by atoms with E-state index in [9.17, 15) is 9.18 Å². The van der Waals surface area contributed by atoms with Crippen molar-refractivity contribution in [2.75, 3.05) is 7.05 Å². The Hall–Kier alpha value is -2.21. The Bertz CT molecular complexity index is 981. The van der Waals surface area contributed by atoms with Crippen molar-refractivity contribution in [3.63, 3.8) is 0 Å². The summed E-state index contributed by atoms with van der Waals surface area (Å²) in [6.45, 7) is 5.93. The molecule has 2 heterocycles. The molecule has 4 nitrogen and oxygen atoms in total. The topological polar surface area (TPSA) is 38.1 Å². The van der Waals surface area contributed by atoms with Crippen LogP contribution in [-0.4, -0.2) is 33.4 Å². The van der Waals surface area contributed by atoms with Crippen LogP contribution in [0.15, 0.2) is 41.3 Å². The van der Waals surface area contributed by atoms with E-state index in [1.54, 1.807) is 24.2 Å². The monoisotopic (exact) mass is 417 g/mol. The number of amides is 1. The van der Waals surface area contributed by atoms with Crippen LogP contribution in [-0.2, 0) is 6.42 Å². The second kappa shape index (κ2) is 7.19. The first-order valence-corrected chi connectivity index (χ1v) is 9.35. The third kappa shape index (κ3) is 3.14. The quantitative estimate of drug-likeness (QED) is 0.600. The van der Waals surface area contributed by atoms with Crippen molar-refractivity contribution in [1.82, 2.24) is 14.5 Å². The lowest BCUT2D eigenvalue weighted by molar-refractivity contribution is 0.0754. The SMILES string of the molecule is CCc1cncc2c1c(Br)cn2-c1ccc(F)cc1C(=O)N(C)C(C)C. The van der Waals surface area contributed by atoms with Gasteiger partial charge in [0.15, 0.2) is 0 Å². The number of benzene rings is 1. The minimum atomic E-state index is -0.433. The van der Waals surface area contributed by atoms with Gasteiger partial charge in [0.1, 0.15) is 5.82 Å². The molecule has 0 unspecified atom stereocenters. The second-order valence-electron chi connectivity index (χ2n) is 6.56. The van der Waals surface area contributed by atoms with E-state index >= 15 is 0 Å². The third-order valence-corrected chi connectivity index (χ3v) is 5.27. The van der Waals surface area contributed by atoms with E-state index in [0.29, 0.717) is 11.3 Å². The lowest BCUT2D eigenvalue weighted by Gasteiger charge is -2.23. The molecule has 0 atom stereocenters. The number of halogens is 2. The zero-order valence-corrected chi connectivity index (χ0v) is 16.8. The molecular formula is C20H21BrFN3O. The van der Waals surface area contributed by atoms with Crippen LogP contribution in [0.25, 0.3) is 16.6 Å². The summed E-state index contributed by atoms with van der Waals surface area (Å²) in [6, 6.07) is 4.33. The maximum absolute atomic E-state index is 13.9. The zero-order chi connectivity index (χ0) is 19.0. The van der Waals surface area contributed by atoms with Crippen LogP contribution < -0.4 is 0 Å². The summed E-state index contributed by atoms with van der Waals surface area (Å²) in [5.74, 6) is -0.649. The number of hydrogen-bond acceptors (Lipinski definition) is 2. The van der Waals surface area contributed by atoms with E-state index < -0.39 is 5.82 Å². The number of aromatic nitrogens is 2. The average Bonchev–Trinajstić information content (AvgIpc) is 2.97. The lowest BCUT2D eigenvalue weighted by atomic mass is 10.1. The molecule has 3 aromatic rings. The van der Waals surface area contributed by atoms with E-state index in [1.165, 1.54) is 12.1 Å². The molecule has 26 heavy (non-hydrogen) atoms. The maximum atomic E-state index is 13.9. The highest BCUT2D eigenvalue weighted by Gasteiger charge is 2.21.